The Labute approximate surface area is 99.8 Å². The Balaban J connectivity index is 2.19. The van der Waals surface area contributed by atoms with E-state index in [0.717, 1.165) is 23.6 Å². The topological polar surface area (TPSA) is 29.3 Å². The van der Waals surface area contributed by atoms with E-state index >= 15 is 0 Å². The maximum atomic E-state index is 4.59. The molecule has 2 aromatic rings. The minimum absolute atomic E-state index is 0.0682. The van der Waals surface area contributed by atoms with Crippen LogP contribution >= 0.6 is 11.3 Å². The third-order valence-electron chi connectivity index (χ3n) is 2.80. The monoisotopic (exact) mass is 235 g/mol. The van der Waals surface area contributed by atoms with E-state index in [-0.39, 0.29) is 5.41 Å². The molecule has 0 aliphatic carbocycles. The fraction of sp³-hybridized carbons (Fsp3) is 0.417. The number of aromatic nitrogens is 2. The van der Waals surface area contributed by atoms with Crippen molar-refractivity contribution >= 4 is 16.3 Å². The van der Waals surface area contributed by atoms with Crippen molar-refractivity contribution in [2.45, 2.75) is 13.3 Å². The van der Waals surface area contributed by atoms with Crippen molar-refractivity contribution in [2.24, 2.45) is 5.41 Å². The standard InChI is InChI=1S/C12H17N3S/c1-4-12(2,9-13-3)7-10-8-15-5-6-16-11(15)14-10/h4-6,8,13H,1,7,9H2,2-3H3. The highest BCUT2D eigenvalue weighted by molar-refractivity contribution is 7.15. The van der Waals surface area contributed by atoms with Crippen LogP contribution in [-0.4, -0.2) is 23.0 Å². The summed E-state index contributed by atoms with van der Waals surface area (Å²) in [6, 6.07) is 0. The van der Waals surface area contributed by atoms with E-state index < -0.39 is 0 Å². The third-order valence-corrected chi connectivity index (χ3v) is 3.57. The Bertz CT molecular complexity index is 457. The average molecular weight is 235 g/mol. The summed E-state index contributed by atoms with van der Waals surface area (Å²) in [7, 11) is 1.97. The van der Waals surface area contributed by atoms with E-state index in [9.17, 15) is 0 Å². The van der Waals surface area contributed by atoms with Gasteiger partial charge in [-0.2, -0.15) is 0 Å². The summed E-state index contributed by atoms with van der Waals surface area (Å²) in [4.78, 5) is 5.65. The van der Waals surface area contributed by atoms with Gasteiger partial charge in [-0.3, -0.25) is 4.40 Å². The fourth-order valence-corrected chi connectivity index (χ4v) is 2.60. The summed E-state index contributed by atoms with van der Waals surface area (Å²) in [5.41, 5.74) is 1.20. The van der Waals surface area contributed by atoms with Crippen molar-refractivity contribution in [2.75, 3.05) is 13.6 Å². The Morgan fingerprint density at radius 1 is 1.69 bits per heavy atom. The largest absolute Gasteiger partial charge is 0.319 e. The van der Waals surface area contributed by atoms with Gasteiger partial charge in [-0.05, 0) is 7.05 Å². The summed E-state index contributed by atoms with van der Waals surface area (Å²) in [6.07, 6.45) is 7.08. The van der Waals surface area contributed by atoms with Crippen molar-refractivity contribution in [3.05, 3.63) is 36.1 Å². The Morgan fingerprint density at radius 2 is 2.50 bits per heavy atom. The van der Waals surface area contributed by atoms with Crippen molar-refractivity contribution in [1.82, 2.24) is 14.7 Å². The molecule has 2 rings (SSSR count). The lowest BCUT2D eigenvalue weighted by Gasteiger charge is -2.24. The number of hydrogen-bond acceptors (Lipinski definition) is 3. The van der Waals surface area contributed by atoms with Crippen LogP contribution in [0, 0.1) is 5.41 Å². The van der Waals surface area contributed by atoms with Gasteiger partial charge in [-0.15, -0.1) is 17.9 Å². The summed E-state index contributed by atoms with van der Waals surface area (Å²) < 4.78 is 2.07. The number of rotatable bonds is 5. The molecular weight excluding hydrogens is 218 g/mol. The second-order valence-electron chi connectivity index (χ2n) is 4.39. The van der Waals surface area contributed by atoms with Crippen LogP contribution in [-0.2, 0) is 6.42 Å². The molecular formula is C12H17N3S. The molecule has 0 bridgehead atoms. The first-order valence-electron chi connectivity index (χ1n) is 5.36. The van der Waals surface area contributed by atoms with Gasteiger partial charge in [0.15, 0.2) is 4.96 Å². The molecule has 1 unspecified atom stereocenters. The lowest BCUT2D eigenvalue weighted by molar-refractivity contribution is 0.403. The van der Waals surface area contributed by atoms with Crippen molar-refractivity contribution in [3.8, 4) is 0 Å². The van der Waals surface area contributed by atoms with Crippen molar-refractivity contribution in [3.63, 3.8) is 0 Å². The average Bonchev–Trinajstić information content (AvgIpc) is 2.78. The smallest absolute Gasteiger partial charge is 0.193 e. The van der Waals surface area contributed by atoms with Crippen LogP contribution in [0.3, 0.4) is 0 Å². The van der Waals surface area contributed by atoms with Gasteiger partial charge in [0.2, 0.25) is 0 Å². The number of fused-ring (bicyclic) bond motifs is 1. The molecule has 16 heavy (non-hydrogen) atoms. The highest BCUT2D eigenvalue weighted by Gasteiger charge is 2.21. The van der Waals surface area contributed by atoms with Crippen molar-refractivity contribution < 1.29 is 0 Å². The molecule has 0 aliphatic heterocycles. The minimum atomic E-state index is 0.0682. The zero-order valence-electron chi connectivity index (χ0n) is 9.73. The number of imidazole rings is 1. The van der Waals surface area contributed by atoms with Gasteiger partial charge in [-0.25, -0.2) is 4.98 Å². The van der Waals surface area contributed by atoms with Crippen LogP contribution in [0.15, 0.2) is 30.4 Å². The van der Waals surface area contributed by atoms with Crippen LogP contribution in [0.2, 0.25) is 0 Å². The van der Waals surface area contributed by atoms with Gasteiger partial charge < -0.3 is 5.32 Å². The fourth-order valence-electron chi connectivity index (χ4n) is 1.89. The van der Waals surface area contributed by atoms with Gasteiger partial charge in [0, 0.05) is 36.2 Å². The normalized spacial score (nSPS) is 15.1. The SMILES string of the molecule is C=CC(C)(CNC)Cc1cn2ccsc2n1. The van der Waals surface area contributed by atoms with Crippen molar-refractivity contribution in [1.29, 1.82) is 0 Å². The van der Waals surface area contributed by atoms with Gasteiger partial charge >= 0.3 is 0 Å². The second-order valence-corrected chi connectivity index (χ2v) is 5.26. The molecule has 0 aliphatic rings. The Morgan fingerprint density at radius 3 is 3.12 bits per heavy atom. The van der Waals surface area contributed by atoms with Crippen LogP contribution in [0.25, 0.3) is 4.96 Å². The maximum absolute atomic E-state index is 4.59. The highest BCUT2D eigenvalue weighted by Crippen LogP contribution is 2.23. The van der Waals surface area contributed by atoms with E-state index in [2.05, 4.69) is 34.4 Å². The summed E-state index contributed by atoms with van der Waals surface area (Å²) in [5.74, 6) is 0. The van der Waals surface area contributed by atoms with Gasteiger partial charge in [0.05, 0.1) is 5.69 Å². The maximum Gasteiger partial charge on any atom is 0.193 e. The zero-order valence-corrected chi connectivity index (χ0v) is 10.5. The van der Waals surface area contributed by atoms with Crippen LogP contribution in [0.4, 0.5) is 0 Å². The zero-order chi connectivity index (χ0) is 11.6. The van der Waals surface area contributed by atoms with Crippen LogP contribution < -0.4 is 5.32 Å². The Kier molecular flexibility index (Phi) is 3.12. The molecule has 0 radical (unpaired) electrons. The van der Waals surface area contributed by atoms with E-state index in [1.807, 2.05) is 24.7 Å². The second kappa shape index (κ2) is 4.39. The highest BCUT2D eigenvalue weighted by atomic mass is 32.1. The molecule has 2 aromatic heterocycles. The number of thiazole rings is 1. The number of nitrogens with zero attached hydrogens (tertiary/aromatic N) is 2. The van der Waals surface area contributed by atoms with E-state index in [1.165, 1.54) is 0 Å². The first-order chi connectivity index (χ1) is 7.67. The first-order valence-corrected chi connectivity index (χ1v) is 6.24. The number of hydrogen-bond donors (Lipinski definition) is 1. The summed E-state index contributed by atoms with van der Waals surface area (Å²) in [6.45, 7) is 7.03. The number of nitrogens with one attached hydrogen (secondary N) is 1. The van der Waals surface area contributed by atoms with Gasteiger partial charge in [0.1, 0.15) is 0 Å². The van der Waals surface area contributed by atoms with Crippen LogP contribution in [0.5, 0.6) is 0 Å². The van der Waals surface area contributed by atoms with E-state index in [0.29, 0.717) is 0 Å². The molecule has 4 heteroatoms. The van der Waals surface area contributed by atoms with Crippen LogP contribution in [0.1, 0.15) is 12.6 Å². The molecule has 0 saturated heterocycles. The molecule has 2 heterocycles. The first kappa shape index (κ1) is 11.4. The molecule has 1 atom stereocenters. The molecule has 0 aromatic carbocycles. The van der Waals surface area contributed by atoms with Gasteiger partial charge in [-0.1, -0.05) is 13.0 Å². The quantitative estimate of drug-likeness (QED) is 0.806. The molecule has 0 fully saturated rings. The predicted molar refractivity (Wildman–Crippen MR) is 69.0 cm³/mol. The predicted octanol–water partition coefficient (Wildman–Crippen LogP) is 2.35. The molecule has 0 spiro atoms. The molecule has 3 nitrogen and oxygen atoms in total. The lowest BCUT2D eigenvalue weighted by atomic mass is 9.86. The van der Waals surface area contributed by atoms with E-state index in [4.69, 9.17) is 0 Å². The minimum Gasteiger partial charge on any atom is -0.319 e. The molecule has 0 amide bonds. The lowest BCUT2D eigenvalue weighted by Crippen LogP contribution is -2.29. The molecule has 86 valence electrons. The van der Waals surface area contributed by atoms with Gasteiger partial charge in [0.25, 0.3) is 0 Å². The summed E-state index contributed by atoms with van der Waals surface area (Å²) in [5, 5.41) is 5.25. The molecule has 1 N–H and O–H groups in total. The third kappa shape index (κ3) is 2.18. The van der Waals surface area contributed by atoms with E-state index in [1.54, 1.807) is 11.3 Å². The molecule has 0 saturated carbocycles. The Hall–Kier alpha value is -1.13. The summed E-state index contributed by atoms with van der Waals surface area (Å²) >= 11 is 1.67.